The minimum Gasteiger partial charge on any atom is -0.496 e. The zero-order valence-electron chi connectivity index (χ0n) is 19.3. The first-order chi connectivity index (χ1) is 16.8. The van der Waals surface area contributed by atoms with Crippen molar-refractivity contribution in [2.45, 2.75) is 18.9 Å². The average Bonchev–Trinajstić information content (AvgIpc) is 3.50. The third kappa shape index (κ3) is 3.18. The Morgan fingerprint density at radius 2 is 1.86 bits per heavy atom. The number of ether oxygens (including phenoxy) is 4. The van der Waals surface area contributed by atoms with Gasteiger partial charge >= 0.3 is 5.97 Å². The van der Waals surface area contributed by atoms with Gasteiger partial charge in [0.05, 0.1) is 32.6 Å². The van der Waals surface area contributed by atoms with E-state index in [9.17, 15) is 14.4 Å². The number of thiophene rings is 1. The van der Waals surface area contributed by atoms with Crippen LogP contribution >= 0.6 is 22.9 Å². The monoisotopic (exact) mass is 513 g/mol. The Balaban J connectivity index is 1.74. The minimum absolute atomic E-state index is 0.0488. The van der Waals surface area contributed by atoms with Gasteiger partial charge in [0, 0.05) is 12.0 Å². The molecule has 1 aliphatic heterocycles. The number of esters is 1. The summed E-state index contributed by atoms with van der Waals surface area (Å²) in [5.41, 5.74) is 0.154. The van der Waals surface area contributed by atoms with Crippen LogP contribution in [0.3, 0.4) is 0 Å². The number of hydrogen-bond acceptors (Lipinski definition) is 9. The molecule has 1 aromatic carbocycles. The van der Waals surface area contributed by atoms with Gasteiger partial charge in [-0.2, -0.15) is 11.3 Å². The fourth-order valence-electron chi connectivity index (χ4n) is 4.77. The van der Waals surface area contributed by atoms with E-state index < -0.39 is 29.1 Å². The molecular formula is C25H20ClNO7S. The lowest BCUT2D eigenvalue weighted by atomic mass is 9.69. The lowest BCUT2D eigenvalue weighted by Gasteiger charge is -2.37. The first kappa shape index (κ1) is 23.3. The van der Waals surface area contributed by atoms with E-state index in [4.69, 9.17) is 30.5 Å². The molecular weight excluding hydrogens is 494 g/mol. The fraction of sp³-hybridized carbons (Fsp3) is 0.280. The molecule has 1 spiro atoms. The van der Waals surface area contributed by atoms with Crippen LogP contribution in [0, 0.1) is 5.92 Å². The maximum Gasteiger partial charge on any atom is 0.356 e. The fourth-order valence-corrected chi connectivity index (χ4v) is 5.69. The van der Waals surface area contributed by atoms with E-state index >= 15 is 0 Å². The second-order valence-electron chi connectivity index (χ2n) is 8.28. The van der Waals surface area contributed by atoms with Crippen molar-refractivity contribution in [3.05, 3.63) is 56.5 Å². The molecule has 0 fully saturated rings. The number of hydrogen-bond donors (Lipinski definition) is 0. The van der Waals surface area contributed by atoms with Crippen molar-refractivity contribution in [2.75, 3.05) is 21.3 Å². The van der Waals surface area contributed by atoms with Crippen molar-refractivity contribution in [1.82, 2.24) is 4.98 Å². The maximum absolute atomic E-state index is 14.2. The van der Waals surface area contributed by atoms with Gasteiger partial charge in [-0.05, 0) is 40.4 Å². The highest BCUT2D eigenvalue weighted by Crippen LogP contribution is 2.54. The second kappa shape index (κ2) is 8.35. The first-order valence-electron chi connectivity index (χ1n) is 10.7. The molecule has 0 radical (unpaired) electrons. The van der Waals surface area contributed by atoms with Crippen molar-refractivity contribution < 1.29 is 33.3 Å². The van der Waals surface area contributed by atoms with Crippen molar-refractivity contribution in [1.29, 1.82) is 0 Å². The van der Waals surface area contributed by atoms with Crippen molar-refractivity contribution in [2.24, 2.45) is 5.92 Å². The van der Waals surface area contributed by atoms with E-state index in [1.807, 2.05) is 16.8 Å². The zero-order valence-corrected chi connectivity index (χ0v) is 20.8. The molecule has 2 aliphatic rings. The van der Waals surface area contributed by atoms with E-state index in [2.05, 4.69) is 4.98 Å². The standard InChI is InChI=1S/C25H20ClNO7S/c1-11-7-14-18(13(12-5-6-35-10-12)8-15(27-14)24(30)33-4)22(28)25(11)23(29)19-16(31-2)9-17(32-3)20(26)21(19)34-25/h5-6,8-11H,7H2,1-4H3/t11-,25+/m1/s1. The van der Waals surface area contributed by atoms with E-state index in [1.54, 1.807) is 6.92 Å². The number of fused-ring (bicyclic) bond motifs is 2. The molecule has 0 bridgehead atoms. The summed E-state index contributed by atoms with van der Waals surface area (Å²) >= 11 is 7.94. The number of benzene rings is 1. The Hall–Kier alpha value is -3.43. The van der Waals surface area contributed by atoms with Crippen molar-refractivity contribution >= 4 is 40.5 Å². The molecule has 1 aliphatic carbocycles. The Morgan fingerprint density at radius 3 is 2.49 bits per heavy atom. The average molecular weight is 514 g/mol. The van der Waals surface area contributed by atoms with Crippen LogP contribution in [0.1, 0.15) is 43.8 Å². The molecule has 0 N–H and O–H groups in total. The second-order valence-corrected chi connectivity index (χ2v) is 9.44. The van der Waals surface area contributed by atoms with E-state index in [1.165, 1.54) is 44.8 Å². The summed E-state index contributed by atoms with van der Waals surface area (Å²) in [5, 5.41) is 3.79. The number of pyridine rings is 1. The lowest BCUT2D eigenvalue weighted by molar-refractivity contribution is 0.0256. The SMILES string of the molecule is COC(=O)c1cc(-c2ccsc2)c2c(n1)C[C@@H](C)[C@]1(Oc3c(Cl)c(OC)cc(OC)c3C1=O)C2=O. The quantitative estimate of drug-likeness (QED) is 0.367. The van der Waals surface area contributed by atoms with Crippen LogP contribution in [0.15, 0.2) is 29.0 Å². The van der Waals surface area contributed by atoms with Gasteiger partial charge in [0.25, 0.3) is 0 Å². The molecule has 3 aromatic rings. The number of carbonyl (C=O) groups excluding carboxylic acids is 3. The van der Waals surface area contributed by atoms with Crippen molar-refractivity contribution in [3.8, 4) is 28.4 Å². The predicted octanol–water partition coefficient (Wildman–Crippen LogP) is 4.66. The van der Waals surface area contributed by atoms with E-state index in [0.29, 0.717) is 11.3 Å². The summed E-state index contributed by atoms with van der Waals surface area (Å²) in [6, 6.07) is 4.84. The molecule has 0 amide bonds. The number of halogens is 1. The number of Topliss-reactive ketones (excluding diaryl/α,β-unsaturated/α-hetero) is 2. The molecule has 3 heterocycles. The molecule has 5 rings (SSSR count). The summed E-state index contributed by atoms with van der Waals surface area (Å²) in [7, 11) is 4.11. The first-order valence-corrected chi connectivity index (χ1v) is 12.0. The smallest absolute Gasteiger partial charge is 0.356 e. The molecule has 0 saturated heterocycles. The third-order valence-electron chi connectivity index (χ3n) is 6.50. The van der Waals surface area contributed by atoms with Crippen LogP contribution in [-0.4, -0.2) is 49.5 Å². The van der Waals surface area contributed by atoms with E-state index in [0.717, 1.165) is 5.56 Å². The van der Waals surface area contributed by atoms with Crippen LogP contribution < -0.4 is 14.2 Å². The largest absolute Gasteiger partial charge is 0.496 e. The number of methoxy groups -OCH3 is 3. The molecule has 8 nitrogen and oxygen atoms in total. The number of aromatic nitrogens is 1. The van der Waals surface area contributed by atoms with Crippen LogP contribution in [0.2, 0.25) is 5.02 Å². The molecule has 0 unspecified atom stereocenters. The van der Waals surface area contributed by atoms with Crippen LogP contribution in [-0.2, 0) is 11.2 Å². The molecule has 0 saturated carbocycles. The van der Waals surface area contributed by atoms with E-state index in [-0.39, 0.29) is 45.5 Å². The van der Waals surface area contributed by atoms with Gasteiger partial charge in [-0.3, -0.25) is 9.59 Å². The summed E-state index contributed by atoms with van der Waals surface area (Å²) < 4.78 is 21.8. The molecule has 180 valence electrons. The predicted molar refractivity (Wildman–Crippen MR) is 128 cm³/mol. The van der Waals surface area contributed by atoms with Crippen molar-refractivity contribution in [3.63, 3.8) is 0 Å². The van der Waals surface area contributed by atoms with Crippen LogP contribution in [0.25, 0.3) is 11.1 Å². The van der Waals surface area contributed by atoms with Gasteiger partial charge in [-0.1, -0.05) is 18.5 Å². The molecule has 2 aromatic heterocycles. The number of rotatable bonds is 4. The minimum atomic E-state index is -1.86. The van der Waals surface area contributed by atoms with Gasteiger partial charge in [-0.25, -0.2) is 9.78 Å². The van der Waals surface area contributed by atoms with Crippen LogP contribution in [0.5, 0.6) is 17.2 Å². The Morgan fingerprint density at radius 1 is 1.14 bits per heavy atom. The summed E-state index contributed by atoms with van der Waals surface area (Å²) in [5.74, 6) is -1.82. The number of nitrogens with zero attached hydrogens (tertiary/aromatic N) is 1. The molecule has 2 atom stereocenters. The van der Waals surface area contributed by atoms with Crippen LogP contribution in [0.4, 0.5) is 0 Å². The number of carbonyl (C=O) groups is 3. The normalized spacial score (nSPS) is 20.3. The Bertz CT molecular complexity index is 1400. The van der Waals surface area contributed by atoms with Gasteiger partial charge in [-0.15, -0.1) is 0 Å². The van der Waals surface area contributed by atoms with Gasteiger partial charge in [0.2, 0.25) is 17.2 Å². The Kier molecular flexibility index (Phi) is 5.56. The van der Waals surface area contributed by atoms with Gasteiger partial charge < -0.3 is 18.9 Å². The number of ketones is 2. The summed E-state index contributed by atoms with van der Waals surface area (Å²) in [6.45, 7) is 1.74. The highest BCUT2D eigenvalue weighted by Gasteiger charge is 2.62. The Labute approximate surface area is 209 Å². The highest BCUT2D eigenvalue weighted by molar-refractivity contribution is 7.08. The van der Waals surface area contributed by atoms with Gasteiger partial charge in [0.1, 0.15) is 27.8 Å². The zero-order chi connectivity index (χ0) is 25.1. The molecule has 10 heteroatoms. The molecule has 35 heavy (non-hydrogen) atoms. The van der Waals surface area contributed by atoms with Gasteiger partial charge in [0.15, 0.2) is 5.75 Å². The topological polar surface area (TPSA) is 101 Å². The summed E-state index contributed by atoms with van der Waals surface area (Å²) in [6.07, 6.45) is 0.208. The lowest BCUT2D eigenvalue weighted by Crippen LogP contribution is -2.57. The highest BCUT2D eigenvalue weighted by atomic mass is 35.5. The summed E-state index contributed by atoms with van der Waals surface area (Å²) in [4.78, 5) is 44.9. The third-order valence-corrected chi connectivity index (χ3v) is 7.54. The maximum atomic E-state index is 14.2.